The molecule has 3 rings (SSSR count). The second-order valence-corrected chi connectivity index (χ2v) is 7.25. The average molecular weight is 396 g/mol. The van der Waals surface area contributed by atoms with Gasteiger partial charge in [0.1, 0.15) is 11.7 Å². The van der Waals surface area contributed by atoms with E-state index in [1.165, 1.54) is 12.0 Å². The highest BCUT2D eigenvalue weighted by Crippen LogP contribution is 2.31. The third kappa shape index (κ3) is 3.94. The largest absolute Gasteiger partial charge is 0.495 e. The van der Waals surface area contributed by atoms with Crippen LogP contribution in [-0.2, 0) is 19.1 Å². The first kappa shape index (κ1) is 19.6. The van der Waals surface area contributed by atoms with Crippen molar-refractivity contribution in [3.63, 3.8) is 0 Å². The Morgan fingerprint density at radius 3 is 2.81 bits per heavy atom. The van der Waals surface area contributed by atoms with Gasteiger partial charge < -0.3 is 14.4 Å². The van der Waals surface area contributed by atoms with Gasteiger partial charge in [-0.05, 0) is 38.0 Å². The predicted molar refractivity (Wildman–Crippen MR) is 99.0 cm³/mol. The summed E-state index contributed by atoms with van der Waals surface area (Å²) in [5.41, 5.74) is 0.441. The highest BCUT2D eigenvalue weighted by atomic mass is 35.5. The lowest BCUT2D eigenvalue weighted by molar-refractivity contribution is -0.922. The van der Waals surface area contributed by atoms with Crippen LogP contribution in [0.15, 0.2) is 18.2 Å². The SMILES string of the molecule is CCOC(=O)[C@@H]1CCC[NH+]([C@@H]2CC(=O)N(c3ccc(OC)c(Cl)c3)C2=O)C1. The van der Waals surface area contributed by atoms with Gasteiger partial charge in [-0.15, -0.1) is 0 Å². The van der Waals surface area contributed by atoms with Gasteiger partial charge in [-0.25, -0.2) is 4.90 Å². The summed E-state index contributed by atoms with van der Waals surface area (Å²) >= 11 is 6.14. The maximum atomic E-state index is 13.0. The zero-order valence-corrected chi connectivity index (χ0v) is 16.3. The predicted octanol–water partition coefficient (Wildman–Crippen LogP) is 0.839. The van der Waals surface area contributed by atoms with Gasteiger partial charge in [-0.2, -0.15) is 0 Å². The number of carbonyl (C=O) groups is 3. The molecular formula is C19H24ClN2O5+. The Kier molecular flexibility index (Phi) is 6.01. The van der Waals surface area contributed by atoms with E-state index in [0.717, 1.165) is 24.3 Å². The molecular weight excluding hydrogens is 372 g/mol. The number of imide groups is 1. The van der Waals surface area contributed by atoms with Crippen molar-refractivity contribution in [2.75, 3.05) is 31.7 Å². The lowest BCUT2D eigenvalue weighted by Crippen LogP contribution is -3.18. The van der Waals surface area contributed by atoms with Crippen molar-refractivity contribution in [1.29, 1.82) is 0 Å². The van der Waals surface area contributed by atoms with E-state index in [0.29, 0.717) is 29.6 Å². The number of anilines is 1. The Bertz CT molecular complexity index is 754. The van der Waals surface area contributed by atoms with Gasteiger partial charge in [-0.1, -0.05) is 11.6 Å². The normalized spacial score (nSPS) is 25.6. The Labute approximate surface area is 163 Å². The van der Waals surface area contributed by atoms with E-state index >= 15 is 0 Å². The van der Waals surface area contributed by atoms with E-state index in [9.17, 15) is 14.4 Å². The lowest BCUT2D eigenvalue weighted by Gasteiger charge is -2.31. The molecule has 8 heteroatoms. The van der Waals surface area contributed by atoms with E-state index in [2.05, 4.69) is 0 Å². The quantitative estimate of drug-likeness (QED) is 0.590. The molecule has 2 heterocycles. The average Bonchev–Trinajstić information content (AvgIpc) is 2.96. The number of rotatable bonds is 5. The molecule has 0 saturated carbocycles. The van der Waals surface area contributed by atoms with Gasteiger partial charge >= 0.3 is 5.97 Å². The maximum absolute atomic E-state index is 13.0. The number of ether oxygens (including phenoxy) is 2. The summed E-state index contributed by atoms with van der Waals surface area (Å²) in [5, 5.41) is 0.340. The lowest BCUT2D eigenvalue weighted by atomic mass is 9.96. The Hall–Kier alpha value is -2.12. The number of likely N-dealkylation sites (tertiary alicyclic amines) is 1. The molecule has 0 aromatic heterocycles. The van der Waals surface area contributed by atoms with Gasteiger partial charge in [0.05, 0.1) is 43.9 Å². The number of amides is 2. The van der Waals surface area contributed by atoms with Crippen molar-refractivity contribution >= 4 is 35.1 Å². The van der Waals surface area contributed by atoms with E-state index in [1.807, 2.05) is 0 Å². The van der Waals surface area contributed by atoms with Crippen molar-refractivity contribution < 1.29 is 28.8 Å². The number of methoxy groups -OCH3 is 1. The number of piperidine rings is 1. The smallest absolute Gasteiger partial charge is 0.314 e. The van der Waals surface area contributed by atoms with Gasteiger partial charge in [-0.3, -0.25) is 14.4 Å². The number of quaternary nitrogens is 1. The Morgan fingerprint density at radius 1 is 1.37 bits per heavy atom. The van der Waals surface area contributed by atoms with Crippen LogP contribution in [0, 0.1) is 5.92 Å². The summed E-state index contributed by atoms with van der Waals surface area (Å²) < 4.78 is 10.2. The molecule has 2 amide bonds. The number of esters is 1. The van der Waals surface area contributed by atoms with Crippen LogP contribution in [0.2, 0.25) is 5.02 Å². The van der Waals surface area contributed by atoms with Crippen molar-refractivity contribution in [2.45, 2.75) is 32.2 Å². The topological polar surface area (TPSA) is 77.3 Å². The molecule has 7 nitrogen and oxygen atoms in total. The fourth-order valence-electron chi connectivity index (χ4n) is 3.89. The summed E-state index contributed by atoms with van der Waals surface area (Å²) in [6, 6.07) is 4.37. The van der Waals surface area contributed by atoms with Crippen molar-refractivity contribution in [3.05, 3.63) is 23.2 Å². The van der Waals surface area contributed by atoms with E-state index in [-0.39, 0.29) is 30.1 Å². The van der Waals surface area contributed by atoms with Gasteiger partial charge in [0.2, 0.25) is 5.91 Å². The molecule has 0 bridgehead atoms. The minimum atomic E-state index is -0.476. The number of benzene rings is 1. The molecule has 1 unspecified atom stereocenters. The van der Waals surface area contributed by atoms with Crippen LogP contribution in [0.3, 0.4) is 0 Å². The first-order valence-electron chi connectivity index (χ1n) is 9.17. The molecule has 3 atom stereocenters. The number of hydrogen-bond donors (Lipinski definition) is 1. The van der Waals surface area contributed by atoms with E-state index in [4.69, 9.17) is 21.1 Å². The highest BCUT2D eigenvalue weighted by molar-refractivity contribution is 6.32. The van der Waals surface area contributed by atoms with E-state index in [1.54, 1.807) is 25.1 Å². The highest BCUT2D eigenvalue weighted by Gasteiger charge is 2.47. The molecule has 0 radical (unpaired) electrons. The van der Waals surface area contributed by atoms with Crippen molar-refractivity contribution in [1.82, 2.24) is 0 Å². The number of hydrogen-bond acceptors (Lipinski definition) is 5. The molecule has 0 spiro atoms. The van der Waals surface area contributed by atoms with Crippen LogP contribution >= 0.6 is 11.6 Å². The first-order valence-corrected chi connectivity index (χ1v) is 9.55. The first-order chi connectivity index (χ1) is 13.0. The molecule has 27 heavy (non-hydrogen) atoms. The number of nitrogens with zero attached hydrogens (tertiary/aromatic N) is 1. The fraction of sp³-hybridized carbons (Fsp3) is 0.526. The maximum Gasteiger partial charge on any atom is 0.314 e. The summed E-state index contributed by atoms with van der Waals surface area (Å²) in [6.45, 7) is 3.40. The van der Waals surface area contributed by atoms with Gasteiger partial charge in [0.15, 0.2) is 6.04 Å². The molecule has 0 aliphatic carbocycles. The molecule has 1 aromatic rings. The van der Waals surface area contributed by atoms with Gasteiger partial charge in [0, 0.05) is 0 Å². The Balaban J connectivity index is 1.75. The molecule has 1 N–H and O–H groups in total. The second kappa shape index (κ2) is 8.27. The van der Waals surface area contributed by atoms with Crippen LogP contribution in [0.5, 0.6) is 5.75 Å². The molecule has 2 aliphatic heterocycles. The van der Waals surface area contributed by atoms with Crippen LogP contribution < -0.4 is 14.5 Å². The molecule has 2 saturated heterocycles. The van der Waals surface area contributed by atoms with Crippen molar-refractivity contribution in [3.8, 4) is 5.75 Å². The van der Waals surface area contributed by atoms with Crippen LogP contribution in [0.4, 0.5) is 5.69 Å². The summed E-state index contributed by atoms with van der Waals surface area (Å²) in [5.74, 6) is -0.459. The minimum absolute atomic E-state index is 0.132. The minimum Gasteiger partial charge on any atom is -0.495 e. The zero-order chi connectivity index (χ0) is 19.6. The molecule has 146 valence electrons. The standard InChI is InChI=1S/C19H23ClN2O5/c1-3-27-19(25)12-5-4-8-21(11-12)15-10-17(23)22(18(15)24)13-6-7-16(26-2)14(20)9-13/h6-7,9,12,15H,3-5,8,10-11H2,1-2H3/p+1/t12-,15-/m1/s1. The monoisotopic (exact) mass is 395 g/mol. The number of halogens is 1. The third-order valence-corrected chi connectivity index (χ3v) is 5.51. The van der Waals surface area contributed by atoms with Gasteiger partial charge in [0.25, 0.3) is 5.91 Å². The summed E-state index contributed by atoms with van der Waals surface area (Å²) in [6.07, 6.45) is 1.72. The van der Waals surface area contributed by atoms with Crippen LogP contribution in [0.25, 0.3) is 0 Å². The zero-order valence-electron chi connectivity index (χ0n) is 15.5. The molecule has 2 fully saturated rings. The van der Waals surface area contributed by atoms with E-state index < -0.39 is 6.04 Å². The third-order valence-electron chi connectivity index (χ3n) is 5.21. The number of carbonyl (C=O) groups excluding carboxylic acids is 3. The Morgan fingerprint density at radius 2 is 2.15 bits per heavy atom. The molecule has 2 aliphatic rings. The van der Waals surface area contributed by atoms with Crippen LogP contribution in [0.1, 0.15) is 26.2 Å². The number of nitrogens with one attached hydrogen (secondary N) is 1. The summed E-state index contributed by atoms with van der Waals surface area (Å²) in [4.78, 5) is 39.8. The fourth-order valence-corrected chi connectivity index (χ4v) is 4.14. The molecule has 1 aromatic carbocycles. The second-order valence-electron chi connectivity index (χ2n) is 6.85. The van der Waals surface area contributed by atoms with Crippen molar-refractivity contribution in [2.24, 2.45) is 5.92 Å². The van der Waals surface area contributed by atoms with Crippen LogP contribution in [-0.4, -0.2) is 50.6 Å². The summed E-state index contributed by atoms with van der Waals surface area (Å²) in [7, 11) is 1.50.